The van der Waals surface area contributed by atoms with Gasteiger partial charge in [0.05, 0.1) is 5.02 Å². The van der Waals surface area contributed by atoms with Crippen molar-refractivity contribution in [1.82, 2.24) is 14.8 Å². The van der Waals surface area contributed by atoms with Crippen LogP contribution in [0.4, 0.5) is 0 Å². The van der Waals surface area contributed by atoms with Crippen LogP contribution >= 0.6 is 23.4 Å². The van der Waals surface area contributed by atoms with Gasteiger partial charge in [-0.15, -0.1) is 10.2 Å². The van der Waals surface area contributed by atoms with Crippen LogP contribution in [0, 0.1) is 0 Å². The molecule has 2 aromatic rings. The van der Waals surface area contributed by atoms with Crippen molar-refractivity contribution in [3.63, 3.8) is 0 Å². The van der Waals surface area contributed by atoms with Crippen molar-refractivity contribution in [2.45, 2.75) is 31.6 Å². The highest BCUT2D eigenvalue weighted by molar-refractivity contribution is 8.00. The minimum Gasteiger partial charge on any atom is -0.310 e. The van der Waals surface area contributed by atoms with Crippen LogP contribution in [0.3, 0.4) is 0 Å². The monoisotopic (exact) mass is 293 g/mol. The predicted octanol–water partition coefficient (Wildman–Crippen LogP) is 3.67. The SMILES string of the molecule is CC1(C)Cc2nnc(-c3ccccc3Cl)n2CCS1. The fraction of sp³-hybridized carbons (Fsp3) is 0.429. The van der Waals surface area contributed by atoms with E-state index < -0.39 is 0 Å². The zero-order valence-corrected chi connectivity index (χ0v) is 12.6. The van der Waals surface area contributed by atoms with E-state index in [0.717, 1.165) is 41.0 Å². The zero-order chi connectivity index (χ0) is 13.5. The van der Waals surface area contributed by atoms with Gasteiger partial charge in [0, 0.05) is 29.0 Å². The highest BCUT2D eigenvalue weighted by atomic mass is 35.5. The van der Waals surface area contributed by atoms with Gasteiger partial charge in [0.2, 0.25) is 0 Å². The third-order valence-corrected chi connectivity index (χ3v) is 4.98. The Hall–Kier alpha value is -1.000. The number of aromatic nitrogens is 3. The molecule has 0 saturated heterocycles. The number of thioether (sulfide) groups is 1. The first-order valence-corrected chi connectivity index (χ1v) is 7.74. The van der Waals surface area contributed by atoms with Crippen molar-refractivity contribution in [1.29, 1.82) is 0 Å². The van der Waals surface area contributed by atoms with Gasteiger partial charge < -0.3 is 4.57 Å². The summed E-state index contributed by atoms with van der Waals surface area (Å²) in [7, 11) is 0. The van der Waals surface area contributed by atoms with E-state index in [9.17, 15) is 0 Å². The minimum absolute atomic E-state index is 0.221. The Kier molecular flexibility index (Phi) is 3.31. The maximum Gasteiger partial charge on any atom is 0.165 e. The van der Waals surface area contributed by atoms with Crippen molar-refractivity contribution >= 4 is 23.4 Å². The molecule has 2 heterocycles. The Morgan fingerprint density at radius 1 is 1.26 bits per heavy atom. The van der Waals surface area contributed by atoms with E-state index in [1.807, 2.05) is 36.0 Å². The average Bonchev–Trinajstić information content (AvgIpc) is 2.65. The second kappa shape index (κ2) is 4.84. The number of rotatable bonds is 1. The summed E-state index contributed by atoms with van der Waals surface area (Å²) in [6, 6.07) is 7.82. The second-order valence-corrected chi connectivity index (χ2v) is 7.57. The predicted molar refractivity (Wildman–Crippen MR) is 80.7 cm³/mol. The number of nitrogens with zero attached hydrogens (tertiary/aromatic N) is 3. The fourth-order valence-corrected chi connectivity index (χ4v) is 3.67. The van der Waals surface area contributed by atoms with E-state index >= 15 is 0 Å². The summed E-state index contributed by atoms with van der Waals surface area (Å²) in [6.45, 7) is 5.46. The molecule has 1 aliphatic heterocycles. The van der Waals surface area contributed by atoms with Crippen LogP contribution in [-0.4, -0.2) is 25.3 Å². The molecule has 0 amide bonds. The lowest BCUT2D eigenvalue weighted by Gasteiger charge is -2.19. The smallest absolute Gasteiger partial charge is 0.165 e. The Balaban J connectivity index is 2.07. The molecular weight excluding hydrogens is 278 g/mol. The highest BCUT2D eigenvalue weighted by Crippen LogP contribution is 2.34. The number of fused-ring (bicyclic) bond motifs is 1. The molecule has 100 valence electrons. The molecule has 5 heteroatoms. The van der Waals surface area contributed by atoms with Crippen LogP contribution in [0.15, 0.2) is 24.3 Å². The lowest BCUT2D eigenvalue weighted by molar-refractivity contribution is 0.647. The van der Waals surface area contributed by atoms with E-state index in [-0.39, 0.29) is 4.75 Å². The van der Waals surface area contributed by atoms with Crippen LogP contribution in [0.2, 0.25) is 5.02 Å². The number of hydrogen-bond donors (Lipinski definition) is 0. The zero-order valence-electron chi connectivity index (χ0n) is 11.1. The van der Waals surface area contributed by atoms with Gasteiger partial charge in [-0.05, 0) is 12.1 Å². The normalized spacial score (nSPS) is 17.8. The summed E-state index contributed by atoms with van der Waals surface area (Å²) < 4.78 is 2.43. The summed E-state index contributed by atoms with van der Waals surface area (Å²) in [6.07, 6.45) is 0.940. The van der Waals surface area contributed by atoms with Gasteiger partial charge >= 0.3 is 0 Å². The molecule has 0 bridgehead atoms. The maximum absolute atomic E-state index is 6.27. The Morgan fingerprint density at radius 2 is 2.05 bits per heavy atom. The Labute approximate surface area is 122 Å². The third kappa shape index (κ3) is 2.51. The van der Waals surface area contributed by atoms with Crippen LogP contribution in [0.25, 0.3) is 11.4 Å². The van der Waals surface area contributed by atoms with E-state index in [2.05, 4.69) is 28.6 Å². The van der Waals surface area contributed by atoms with Gasteiger partial charge in [-0.25, -0.2) is 0 Å². The molecule has 0 fully saturated rings. The van der Waals surface area contributed by atoms with E-state index in [1.165, 1.54) is 0 Å². The Morgan fingerprint density at radius 3 is 2.84 bits per heavy atom. The van der Waals surface area contributed by atoms with Gasteiger partial charge in [-0.2, -0.15) is 11.8 Å². The van der Waals surface area contributed by atoms with Gasteiger partial charge in [0.25, 0.3) is 0 Å². The van der Waals surface area contributed by atoms with Crippen molar-refractivity contribution < 1.29 is 0 Å². The Bertz CT molecular complexity index is 606. The molecule has 0 radical (unpaired) electrons. The number of halogens is 1. The maximum atomic E-state index is 6.27. The summed E-state index contributed by atoms with van der Waals surface area (Å²) in [5.41, 5.74) is 0.965. The highest BCUT2D eigenvalue weighted by Gasteiger charge is 2.27. The molecule has 0 atom stereocenters. The van der Waals surface area contributed by atoms with Crippen LogP contribution in [0.5, 0.6) is 0 Å². The molecular formula is C14H16ClN3S. The fourth-order valence-electron chi connectivity index (χ4n) is 2.39. The summed E-state index contributed by atoms with van der Waals surface area (Å²) in [4.78, 5) is 0. The largest absolute Gasteiger partial charge is 0.310 e. The van der Waals surface area contributed by atoms with Crippen molar-refractivity contribution in [2.24, 2.45) is 0 Å². The van der Waals surface area contributed by atoms with Crippen LogP contribution in [0.1, 0.15) is 19.7 Å². The van der Waals surface area contributed by atoms with Gasteiger partial charge in [-0.1, -0.05) is 37.6 Å². The lowest BCUT2D eigenvalue weighted by Crippen LogP contribution is -2.18. The molecule has 3 rings (SSSR count). The van der Waals surface area contributed by atoms with E-state index in [1.54, 1.807) is 0 Å². The van der Waals surface area contributed by atoms with Crippen LogP contribution in [-0.2, 0) is 13.0 Å². The molecule has 1 aromatic carbocycles. The topological polar surface area (TPSA) is 30.7 Å². The quantitative estimate of drug-likeness (QED) is 0.804. The summed E-state index contributed by atoms with van der Waals surface area (Å²) in [5.74, 6) is 3.03. The minimum atomic E-state index is 0.221. The molecule has 0 unspecified atom stereocenters. The number of hydrogen-bond acceptors (Lipinski definition) is 3. The van der Waals surface area contributed by atoms with E-state index in [4.69, 9.17) is 11.6 Å². The van der Waals surface area contributed by atoms with Gasteiger partial charge in [0.15, 0.2) is 5.82 Å². The molecule has 1 aliphatic rings. The standard InChI is InChI=1S/C14H16ClN3S/c1-14(2)9-12-16-17-13(18(12)7-8-19-14)10-5-3-4-6-11(10)15/h3-6H,7-9H2,1-2H3. The average molecular weight is 294 g/mol. The van der Waals surface area contributed by atoms with Gasteiger partial charge in [-0.3, -0.25) is 0 Å². The molecule has 1 aromatic heterocycles. The molecule has 19 heavy (non-hydrogen) atoms. The van der Waals surface area contributed by atoms with Gasteiger partial charge in [0.1, 0.15) is 5.82 Å². The molecule has 3 nitrogen and oxygen atoms in total. The molecule has 0 N–H and O–H groups in total. The number of benzene rings is 1. The summed E-state index contributed by atoms with van der Waals surface area (Å²) >= 11 is 8.26. The van der Waals surface area contributed by atoms with E-state index in [0.29, 0.717) is 0 Å². The third-order valence-electron chi connectivity index (χ3n) is 3.33. The first kappa shape index (κ1) is 13.0. The molecule has 0 spiro atoms. The summed E-state index contributed by atoms with van der Waals surface area (Å²) in [5, 5.41) is 9.46. The molecule has 0 aliphatic carbocycles. The van der Waals surface area contributed by atoms with Crippen molar-refractivity contribution in [2.75, 3.05) is 5.75 Å². The second-order valence-electron chi connectivity index (χ2n) is 5.36. The lowest BCUT2D eigenvalue weighted by atomic mass is 10.1. The van der Waals surface area contributed by atoms with Crippen molar-refractivity contribution in [3.05, 3.63) is 35.1 Å². The first-order valence-electron chi connectivity index (χ1n) is 6.38. The van der Waals surface area contributed by atoms with Crippen LogP contribution < -0.4 is 0 Å². The first-order chi connectivity index (χ1) is 9.07. The van der Waals surface area contributed by atoms with Crippen molar-refractivity contribution in [3.8, 4) is 11.4 Å². The molecule has 0 saturated carbocycles.